The number of nitrogens with zero attached hydrogens (tertiary/aromatic N) is 2. The molecule has 0 aliphatic rings. The molecule has 0 bridgehead atoms. The van der Waals surface area contributed by atoms with Crippen molar-refractivity contribution >= 4 is 21.8 Å². The number of benzene rings is 1. The van der Waals surface area contributed by atoms with Crippen LogP contribution in [0.4, 0.5) is 0 Å². The molecule has 10 heteroatoms. The Bertz CT molecular complexity index is 918. The van der Waals surface area contributed by atoms with Gasteiger partial charge in [-0.2, -0.15) is 4.31 Å². The summed E-state index contributed by atoms with van der Waals surface area (Å²) in [4.78, 5) is 4.38. The van der Waals surface area contributed by atoms with E-state index in [-0.39, 0.29) is 11.5 Å². The molecule has 31 heavy (non-hydrogen) atoms. The van der Waals surface area contributed by atoms with Crippen molar-refractivity contribution in [3.8, 4) is 11.5 Å². The number of hydrogen-bond donors (Lipinski definition) is 1. The van der Waals surface area contributed by atoms with Gasteiger partial charge in [0.15, 0.2) is 11.5 Å². The van der Waals surface area contributed by atoms with E-state index in [1.54, 1.807) is 46.3 Å². The molecule has 0 fully saturated rings. The Balaban J connectivity index is 1.82. The van der Waals surface area contributed by atoms with Crippen LogP contribution >= 0.6 is 11.8 Å². The van der Waals surface area contributed by atoms with Gasteiger partial charge in [-0.05, 0) is 29.8 Å². The van der Waals surface area contributed by atoms with Crippen LogP contribution in [0.3, 0.4) is 0 Å². The highest BCUT2D eigenvalue weighted by molar-refractivity contribution is 7.99. The summed E-state index contributed by atoms with van der Waals surface area (Å²) in [6, 6.07) is 8.71. The van der Waals surface area contributed by atoms with Crippen molar-refractivity contribution in [3.05, 3.63) is 42.1 Å². The van der Waals surface area contributed by atoms with E-state index >= 15 is 0 Å². The summed E-state index contributed by atoms with van der Waals surface area (Å²) >= 11 is 1.34. The zero-order valence-electron chi connectivity index (χ0n) is 18.3. The number of ether oxygens (including phenoxy) is 3. The van der Waals surface area contributed by atoms with Crippen molar-refractivity contribution in [2.45, 2.75) is 36.5 Å². The van der Waals surface area contributed by atoms with Crippen LogP contribution in [0.2, 0.25) is 0 Å². The van der Waals surface area contributed by atoms with E-state index in [0.717, 1.165) is 5.56 Å². The monoisotopic (exact) mass is 470 g/mol. The van der Waals surface area contributed by atoms with Gasteiger partial charge in [-0.1, -0.05) is 19.9 Å². The first-order valence-corrected chi connectivity index (χ1v) is 12.3. The SMILES string of the molecule is CCN(CC)S(=O)(=O)c1ccc(SCC(O)COCc2ccc(OC)c(OC)c2)nc1. The minimum absolute atomic E-state index is 0.162. The third-order valence-electron chi connectivity index (χ3n) is 4.50. The Labute approximate surface area is 188 Å². The summed E-state index contributed by atoms with van der Waals surface area (Å²) in [5.41, 5.74) is 0.907. The highest BCUT2D eigenvalue weighted by Crippen LogP contribution is 2.28. The molecule has 0 spiro atoms. The third kappa shape index (κ3) is 7.08. The quantitative estimate of drug-likeness (QED) is 0.446. The maximum atomic E-state index is 12.5. The molecule has 0 radical (unpaired) electrons. The maximum absolute atomic E-state index is 12.5. The normalized spacial score (nSPS) is 12.7. The summed E-state index contributed by atoms with van der Waals surface area (Å²) < 4.78 is 42.4. The number of sulfonamides is 1. The highest BCUT2D eigenvalue weighted by Gasteiger charge is 2.21. The molecule has 8 nitrogen and oxygen atoms in total. The Morgan fingerprint density at radius 1 is 1.10 bits per heavy atom. The standard InChI is InChI=1S/C21H30N2O6S2/c1-5-23(6-2)31(25,26)18-8-10-21(22-12-18)30-15-17(24)14-29-13-16-7-9-19(27-3)20(11-16)28-4/h7-12,17,24H,5-6,13-15H2,1-4H3. The van der Waals surface area contributed by atoms with Gasteiger partial charge in [-0.25, -0.2) is 13.4 Å². The lowest BCUT2D eigenvalue weighted by molar-refractivity contribution is 0.0397. The number of aliphatic hydroxyl groups is 1. The molecule has 1 heterocycles. The van der Waals surface area contributed by atoms with Crippen LogP contribution in [0.15, 0.2) is 46.5 Å². The molecular formula is C21H30N2O6S2. The Morgan fingerprint density at radius 3 is 2.39 bits per heavy atom. The molecule has 0 amide bonds. The largest absolute Gasteiger partial charge is 0.493 e. The molecule has 172 valence electrons. The van der Waals surface area contributed by atoms with Crippen molar-refractivity contribution in [1.29, 1.82) is 0 Å². The minimum atomic E-state index is -3.52. The molecule has 2 aromatic rings. The fourth-order valence-electron chi connectivity index (χ4n) is 2.83. The summed E-state index contributed by atoms with van der Waals surface area (Å²) in [5, 5.41) is 10.8. The van der Waals surface area contributed by atoms with Gasteiger partial charge in [0.2, 0.25) is 10.0 Å². The van der Waals surface area contributed by atoms with E-state index in [4.69, 9.17) is 14.2 Å². The lowest BCUT2D eigenvalue weighted by Gasteiger charge is -2.18. The second-order valence-corrected chi connectivity index (χ2v) is 9.57. The summed E-state index contributed by atoms with van der Waals surface area (Å²) in [6.07, 6.45) is 0.668. The second-order valence-electron chi connectivity index (χ2n) is 6.59. The van der Waals surface area contributed by atoms with E-state index in [1.165, 1.54) is 22.3 Å². The van der Waals surface area contributed by atoms with Crippen LogP contribution < -0.4 is 9.47 Å². The second kappa shape index (κ2) is 12.3. The summed E-state index contributed by atoms with van der Waals surface area (Å²) in [5.74, 6) is 1.64. The van der Waals surface area contributed by atoms with Crippen molar-refractivity contribution < 1.29 is 27.7 Å². The molecule has 1 aromatic carbocycles. The first kappa shape index (κ1) is 25.4. The zero-order chi connectivity index (χ0) is 22.9. The Kier molecular flexibility index (Phi) is 10.0. The molecule has 0 aliphatic heterocycles. The van der Waals surface area contributed by atoms with E-state index < -0.39 is 16.1 Å². The van der Waals surface area contributed by atoms with Gasteiger partial charge < -0.3 is 19.3 Å². The maximum Gasteiger partial charge on any atom is 0.244 e. The predicted octanol–water partition coefficient (Wildman–Crippen LogP) is 2.80. The minimum Gasteiger partial charge on any atom is -0.493 e. The van der Waals surface area contributed by atoms with Gasteiger partial charge in [-0.15, -0.1) is 11.8 Å². The summed E-state index contributed by atoms with van der Waals surface area (Å²) in [6.45, 7) is 4.91. The molecule has 1 aromatic heterocycles. The van der Waals surface area contributed by atoms with E-state index in [9.17, 15) is 13.5 Å². The average Bonchev–Trinajstić information content (AvgIpc) is 2.78. The molecule has 0 saturated carbocycles. The first-order chi connectivity index (χ1) is 14.8. The zero-order valence-corrected chi connectivity index (χ0v) is 19.9. The number of methoxy groups -OCH3 is 2. The van der Waals surface area contributed by atoms with Gasteiger partial charge >= 0.3 is 0 Å². The van der Waals surface area contributed by atoms with Crippen LogP contribution in [-0.2, 0) is 21.4 Å². The lowest BCUT2D eigenvalue weighted by Crippen LogP contribution is -2.30. The van der Waals surface area contributed by atoms with Gasteiger partial charge in [0.05, 0.1) is 38.6 Å². The van der Waals surface area contributed by atoms with Crippen LogP contribution in [0.1, 0.15) is 19.4 Å². The number of rotatable bonds is 13. The van der Waals surface area contributed by atoms with Gasteiger partial charge in [0.1, 0.15) is 4.90 Å². The first-order valence-electron chi connectivity index (χ1n) is 9.91. The highest BCUT2D eigenvalue weighted by atomic mass is 32.2. The molecule has 1 atom stereocenters. The van der Waals surface area contributed by atoms with Crippen molar-refractivity contribution in [2.75, 3.05) is 39.7 Å². The number of pyridine rings is 1. The van der Waals surface area contributed by atoms with Gasteiger partial charge in [0.25, 0.3) is 0 Å². The number of thioether (sulfide) groups is 1. The molecule has 1 unspecified atom stereocenters. The average molecular weight is 471 g/mol. The van der Waals surface area contributed by atoms with E-state index in [2.05, 4.69) is 4.98 Å². The number of hydrogen-bond acceptors (Lipinski definition) is 8. The molecule has 0 aliphatic carbocycles. The molecule has 0 saturated heterocycles. The third-order valence-corrected chi connectivity index (χ3v) is 7.63. The fraction of sp³-hybridized carbons (Fsp3) is 0.476. The van der Waals surface area contributed by atoms with Crippen molar-refractivity contribution in [2.24, 2.45) is 0 Å². The van der Waals surface area contributed by atoms with Crippen LogP contribution in [0.25, 0.3) is 0 Å². The topological polar surface area (TPSA) is 98.2 Å². The molecule has 2 rings (SSSR count). The van der Waals surface area contributed by atoms with E-state index in [1.807, 2.05) is 12.1 Å². The van der Waals surface area contributed by atoms with Crippen LogP contribution in [0.5, 0.6) is 11.5 Å². The summed E-state index contributed by atoms with van der Waals surface area (Å²) in [7, 11) is -0.372. The fourth-order valence-corrected chi connectivity index (χ4v) is 4.98. The van der Waals surface area contributed by atoms with Gasteiger partial charge in [-0.3, -0.25) is 0 Å². The smallest absolute Gasteiger partial charge is 0.244 e. The van der Waals surface area contributed by atoms with E-state index in [0.29, 0.717) is 42.0 Å². The number of aliphatic hydroxyl groups excluding tert-OH is 1. The Morgan fingerprint density at radius 2 is 1.81 bits per heavy atom. The molecule has 1 N–H and O–H groups in total. The Hall–Kier alpha value is -1.85. The van der Waals surface area contributed by atoms with Crippen molar-refractivity contribution in [3.63, 3.8) is 0 Å². The number of aromatic nitrogens is 1. The van der Waals surface area contributed by atoms with Crippen LogP contribution in [0, 0.1) is 0 Å². The lowest BCUT2D eigenvalue weighted by atomic mass is 10.2. The van der Waals surface area contributed by atoms with Gasteiger partial charge in [0, 0.05) is 25.0 Å². The predicted molar refractivity (Wildman–Crippen MR) is 120 cm³/mol. The van der Waals surface area contributed by atoms with Crippen LogP contribution in [-0.4, -0.2) is 68.6 Å². The molecular weight excluding hydrogens is 440 g/mol. The van der Waals surface area contributed by atoms with Crippen molar-refractivity contribution in [1.82, 2.24) is 9.29 Å².